The third kappa shape index (κ3) is 8.66. The van der Waals surface area contributed by atoms with E-state index >= 15 is 0 Å². The number of rotatable bonds is 11. The van der Waals surface area contributed by atoms with E-state index in [1.165, 1.54) is 47.4 Å². The van der Waals surface area contributed by atoms with Gasteiger partial charge in [0, 0.05) is 32.7 Å². The number of nitrogens with one attached hydrogen (secondary N) is 3. The van der Waals surface area contributed by atoms with Crippen molar-refractivity contribution in [1.29, 1.82) is 5.26 Å². The maximum atomic E-state index is 14.6. The Morgan fingerprint density at radius 1 is 0.784 bits per heavy atom. The van der Waals surface area contributed by atoms with E-state index in [9.17, 15) is 24.0 Å². The number of hydrogen-bond acceptors (Lipinski definition) is 6. The highest BCUT2D eigenvalue weighted by molar-refractivity contribution is 8.00. The highest BCUT2D eigenvalue weighted by Crippen LogP contribution is 2.40. The van der Waals surface area contributed by atoms with Gasteiger partial charge in [-0.05, 0) is 53.6 Å². The van der Waals surface area contributed by atoms with E-state index in [1.807, 2.05) is 72.1 Å². The standard InChI is InChI=1S/C41H29FN4O3S2/c42-35-22-11-10-19-30(35)23-36(45-38(47)29-17-8-3-9-18-29)39(48)44-31-20-12-21-32(24-31)51-37(28-15-6-2-7-16-28)40(49)46-41-33(25-43)34(26-50-41)27-13-4-1-5-14-27/h1-24,26,37H,(H,44,48)(H,45,47)(H,46,49)/b36-23-. The predicted octanol–water partition coefficient (Wildman–Crippen LogP) is 9.31. The van der Waals surface area contributed by atoms with Crippen LogP contribution in [0.4, 0.5) is 15.1 Å². The number of thioether (sulfide) groups is 1. The summed E-state index contributed by atoms with van der Waals surface area (Å²) in [5, 5.41) is 20.0. The smallest absolute Gasteiger partial charge is 0.272 e. The monoisotopic (exact) mass is 708 g/mol. The van der Waals surface area contributed by atoms with Crippen LogP contribution in [-0.4, -0.2) is 17.7 Å². The van der Waals surface area contributed by atoms with Gasteiger partial charge in [-0.1, -0.05) is 103 Å². The molecular weight excluding hydrogens is 680 g/mol. The summed E-state index contributed by atoms with van der Waals surface area (Å²) < 4.78 is 14.6. The number of nitrogens with zero attached hydrogens (tertiary/aromatic N) is 1. The van der Waals surface area contributed by atoms with Crippen molar-refractivity contribution in [1.82, 2.24) is 5.32 Å². The van der Waals surface area contributed by atoms with Gasteiger partial charge >= 0.3 is 0 Å². The third-order valence-corrected chi connectivity index (χ3v) is 9.79. The van der Waals surface area contributed by atoms with E-state index < -0.39 is 22.9 Å². The zero-order valence-electron chi connectivity index (χ0n) is 26.9. The van der Waals surface area contributed by atoms with Crippen LogP contribution < -0.4 is 16.0 Å². The van der Waals surface area contributed by atoms with Gasteiger partial charge in [0.25, 0.3) is 11.8 Å². The predicted molar refractivity (Wildman–Crippen MR) is 201 cm³/mol. The second-order valence-electron chi connectivity index (χ2n) is 11.1. The molecule has 6 rings (SSSR count). The lowest BCUT2D eigenvalue weighted by Crippen LogP contribution is -2.30. The number of nitriles is 1. The molecule has 51 heavy (non-hydrogen) atoms. The Morgan fingerprint density at radius 3 is 2.16 bits per heavy atom. The lowest BCUT2D eigenvalue weighted by Gasteiger charge is -2.17. The van der Waals surface area contributed by atoms with Crippen molar-refractivity contribution in [2.24, 2.45) is 0 Å². The van der Waals surface area contributed by atoms with Gasteiger partial charge in [-0.3, -0.25) is 14.4 Å². The summed E-state index contributed by atoms with van der Waals surface area (Å²) in [6, 6.07) is 42.3. The summed E-state index contributed by atoms with van der Waals surface area (Å²) in [6.07, 6.45) is 1.28. The number of anilines is 2. The number of halogens is 1. The molecule has 1 aromatic heterocycles. The largest absolute Gasteiger partial charge is 0.321 e. The molecule has 3 N–H and O–H groups in total. The van der Waals surface area contributed by atoms with Crippen molar-refractivity contribution in [2.75, 3.05) is 10.6 Å². The first-order valence-electron chi connectivity index (χ1n) is 15.7. The van der Waals surface area contributed by atoms with Crippen molar-refractivity contribution < 1.29 is 18.8 Å². The first kappa shape index (κ1) is 34.6. The van der Waals surface area contributed by atoms with Crippen molar-refractivity contribution in [3.63, 3.8) is 0 Å². The quantitative estimate of drug-likeness (QED) is 0.0918. The van der Waals surface area contributed by atoms with E-state index in [0.29, 0.717) is 26.7 Å². The fraction of sp³-hybridized carbons (Fsp3) is 0.0244. The van der Waals surface area contributed by atoms with E-state index in [0.717, 1.165) is 16.7 Å². The average Bonchev–Trinajstić information content (AvgIpc) is 3.57. The van der Waals surface area contributed by atoms with Gasteiger partial charge < -0.3 is 16.0 Å². The Kier molecular flexibility index (Phi) is 11.1. The summed E-state index contributed by atoms with van der Waals surface area (Å²) in [4.78, 5) is 41.2. The first-order valence-corrected chi connectivity index (χ1v) is 17.5. The molecular formula is C41H29FN4O3S2. The van der Waals surface area contributed by atoms with Gasteiger partial charge in [-0.25, -0.2) is 4.39 Å². The molecule has 0 saturated heterocycles. The van der Waals surface area contributed by atoms with Crippen molar-refractivity contribution in [3.8, 4) is 17.2 Å². The van der Waals surface area contributed by atoms with E-state index in [-0.39, 0.29) is 17.2 Å². The number of carbonyl (C=O) groups excluding carboxylic acids is 3. The Morgan fingerprint density at radius 2 is 1.45 bits per heavy atom. The number of benzene rings is 5. The van der Waals surface area contributed by atoms with Gasteiger partial charge in [0.2, 0.25) is 5.91 Å². The molecule has 250 valence electrons. The molecule has 0 fully saturated rings. The normalized spacial score (nSPS) is 11.6. The molecule has 0 bridgehead atoms. The van der Waals surface area contributed by atoms with Gasteiger partial charge in [-0.2, -0.15) is 5.26 Å². The van der Waals surface area contributed by atoms with Crippen LogP contribution in [0, 0.1) is 17.1 Å². The summed E-state index contributed by atoms with van der Waals surface area (Å²) >= 11 is 2.56. The Hall–Kier alpha value is -6.28. The number of carbonyl (C=O) groups is 3. The second kappa shape index (κ2) is 16.4. The maximum absolute atomic E-state index is 14.6. The van der Waals surface area contributed by atoms with E-state index in [4.69, 9.17) is 0 Å². The highest BCUT2D eigenvalue weighted by atomic mass is 32.2. The molecule has 7 nitrogen and oxygen atoms in total. The minimum absolute atomic E-state index is 0.123. The Bertz CT molecular complexity index is 2250. The lowest BCUT2D eigenvalue weighted by atomic mass is 10.1. The molecule has 1 unspecified atom stereocenters. The maximum Gasteiger partial charge on any atom is 0.272 e. The van der Waals surface area contributed by atoms with Gasteiger partial charge in [-0.15, -0.1) is 23.1 Å². The molecule has 0 spiro atoms. The summed E-state index contributed by atoms with van der Waals surface area (Å²) in [7, 11) is 0. The molecule has 0 aliphatic heterocycles. The molecule has 0 radical (unpaired) electrons. The molecule has 5 aromatic carbocycles. The molecule has 1 heterocycles. The average molecular weight is 709 g/mol. The number of thiophene rings is 1. The van der Waals surface area contributed by atoms with Crippen molar-refractivity contribution in [2.45, 2.75) is 10.1 Å². The van der Waals surface area contributed by atoms with Crippen LogP contribution >= 0.6 is 23.1 Å². The molecule has 10 heteroatoms. The summed E-state index contributed by atoms with van der Waals surface area (Å²) in [5.41, 5.74) is 3.44. The van der Waals surface area contributed by atoms with E-state index in [2.05, 4.69) is 22.0 Å². The van der Waals surface area contributed by atoms with Crippen LogP contribution in [-0.2, 0) is 9.59 Å². The minimum Gasteiger partial charge on any atom is -0.321 e. The van der Waals surface area contributed by atoms with Crippen molar-refractivity contribution >= 4 is 57.6 Å². The molecule has 0 aliphatic rings. The topological polar surface area (TPSA) is 111 Å². The number of amides is 3. The van der Waals surface area contributed by atoms with Crippen LogP contribution in [0.1, 0.15) is 32.3 Å². The molecule has 1 atom stereocenters. The van der Waals surface area contributed by atoms with Gasteiger partial charge in [0.1, 0.15) is 27.8 Å². The van der Waals surface area contributed by atoms with Gasteiger partial charge in [0.05, 0.1) is 5.56 Å². The molecule has 0 aliphatic carbocycles. The summed E-state index contributed by atoms with van der Waals surface area (Å²) in [5.74, 6) is -2.08. The first-order chi connectivity index (χ1) is 24.9. The second-order valence-corrected chi connectivity index (χ2v) is 13.2. The lowest BCUT2D eigenvalue weighted by molar-refractivity contribution is -0.116. The summed E-state index contributed by atoms with van der Waals surface area (Å²) in [6.45, 7) is 0. The number of hydrogen-bond donors (Lipinski definition) is 3. The van der Waals surface area contributed by atoms with Crippen LogP contribution in [0.15, 0.2) is 155 Å². The Labute approximate surface area is 302 Å². The van der Waals surface area contributed by atoms with Gasteiger partial charge in [0.15, 0.2) is 0 Å². The van der Waals surface area contributed by atoms with E-state index in [1.54, 1.807) is 54.6 Å². The van der Waals surface area contributed by atoms with Crippen LogP contribution in [0.25, 0.3) is 17.2 Å². The fourth-order valence-electron chi connectivity index (χ4n) is 5.14. The van der Waals surface area contributed by atoms with Crippen molar-refractivity contribution in [3.05, 3.63) is 179 Å². The zero-order valence-corrected chi connectivity index (χ0v) is 28.5. The minimum atomic E-state index is -0.715. The van der Waals surface area contributed by atoms with Crippen LogP contribution in [0.5, 0.6) is 0 Å². The fourth-order valence-corrected chi connectivity index (χ4v) is 7.15. The van der Waals surface area contributed by atoms with Crippen LogP contribution in [0.2, 0.25) is 0 Å². The van der Waals surface area contributed by atoms with Crippen LogP contribution in [0.3, 0.4) is 0 Å². The zero-order chi connectivity index (χ0) is 35.6. The SMILES string of the molecule is N#Cc1c(-c2ccccc2)csc1NC(=O)C(Sc1cccc(NC(=O)/C(=C/c2ccccc2F)NC(=O)c2ccccc2)c1)c1ccccc1. The third-order valence-electron chi connectivity index (χ3n) is 7.64. The molecule has 3 amide bonds. The molecule has 6 aromatic rings. The molecule has 0 saturated carbocycles. The highest BCUT2D eigenvalue weighted by Gasteiger charge is 2.25. The Balaban J connectivity index is 1.24.